The summed E-state index contributed by atoms with van der Waals surface area (Å²) in [6.07, 6.45) is 2.86. The minimum atomic E-state index is -3.53. The number of anilines is 1. The molecule has 0 radical (unpaired) electrons. The van der Waals surface area contributed by atoms with Crippen LogP contribution in [0.5, 0.6) is 0 Å². The van der Waals surface area contributed by atoms with Crippen LogP contribution in [0, 0.1) is 0 Å². The van der Waals surface area contributed by atoms with E-state index >= 15 is 0 Å². The van der Waals surface area contributed by atoms with Gasteiger partial charge in [0.05, 0.1) is 18.9 Å². The van der Waals surface area contributed by atoms with Gasteiger partial charge >= 0.3 is 5.97 Å². The van der Waals surface area contributed by atoms with Gasteiger partial charge in [-0.1, -0.05) is 26.0 Å². The summed E-state index contributed by atoms with van der Waals surface area (Å²) in [6.45, 7) is 4.38. The third kappa shape index (κ3) is 5.11. The maximum absolute atomic E-state index is 12.4. The van der Waals surface area contributed by atoms with E-state index < -0.39 is 16.0 Å². The third-order valence-corrected chi connectivity index (χ3v) is 5.84. The Labute approximate surface area is 158 Å². The van der Waals surface area contributed by atoms with Crippen molar-refractivity contribution in [1.29, 1.82) is 0 Å². The van der Waals surface area contributed by atoms with Gasteiger partial charge in [-0.3, -0.25) is 5.43 Å². The zero-order valence-corrected chi connectivity index (χ0v) is 16.2. The monoisotopic (exact) mass is 390 g/mol. The number of aromatic nitrogens is 1. The summed E-state index contributed by atoms with van der Waals surface area (Å²) in [7, 11) is -2.20. The van der Waals surface area contributed by atoms with E-state index in [4.69, 9.17) is 0 Å². The van der Waals surface area contributed by atoms with Crippen LogP contribution in [0.15, 0.2) is 52.6 Å². The highest BCUT2D eigenvalue weighted by molar-refractivity contribution is 7.89. The molecular weight excluding hydrogens is 368 g/mol. The van der Waals surface area contributed by atoms with Crippen LogP contribution < -0.4 is 5.43 Å². The molecule has 0 atom stereocenters. The maximum Gasteiger partial charge on any atom is 0.337 e. The van der Waals surface area contributed by atoms with Crippen molar-refractivity contribution in [2.75, 3.05) is 25.6 Å². The molecule has 8 nitrogen and oxygen atoms in total. The van der Waals surface area contributed by atoms with Crippen molar-refractivity contribution in [2.24, 2.45) is 5.10 Å². The lowest BCUT2D eigenvalue weighted by Gasteiger charge is -2.18. The molecule has 0 bridgehead atoms. The zero-order chi connectivity index (χ0) is 19.9. The Balaban J connectivity index is 2.02. The molecule has 2 aromatic rings. The van der Waals surface area contributed by atoms with Crippen molar-refractivity contribution < 1.29 is 17.9 Å². The molecule has 1 heterocycles. The van der Waals surface area contributed by atoms with E-state index in [9.17, 15) is 13.2 Å². The first-order valence-electron chi connectivity index (χ1n) is 8.36. The molecule has 0 aliphatic rings. The molecule has 0 spiro atoms. The van der Waals surface area contributed by atoms with Crippen LogP contribution >= 0.6 is 0 Å². The van der Waals surface area contributed by atoms with E-state index in [2.05, 4.69) is 20.2 Å². The zero-order valence-electron chi connectivity index (χ0n) is 15.4. The lowest BCUT2D eigenvalue weighted by Crippen LogP contribution is -2.30. The second-order valence-corrected chi connectivity index (χ2v) is 7.39. The number of carbonyl (C=O) groups excluding carboxylic acids is 1. The standard InChI is InChI=1S/C18H22N4O4S/c1-4-22(5-2)27(24,25)16-10-11-17(19-13-16)21-20-12-14-6-8-15(9-7-14)18(23)26-3/h6-13H,4-5H2,1-3H3,(H,19,21)/b20-12+. The van der Waals surface area contributed by atoms with Crippen molar-refractivity contribution in [3.8, 4) is 0 Å². The molecule has 0 aliphatic carbocycles. The van der Waals surface area contributed by atoms with Gasteiger partial charge in [-0.2, -0.15) is 9.41 Å². The van der Waals surface area contributed by atoms with E-state index in [1.54, 1.807) is 50.4 Å². The normalized spacial score (nSPS) is 11.7. The van der Waals surface area contributed by atoms with Gasteiger partial charge in [0, 0.05) is 19.3 Å². The highest BCUT2D eigenvalue weighted by atomic mass is 32.2. The quantitative estimate of drug-likeness (QED) is 0.422. The average Bonchev–Trinajstić information content (AvgIpc) is 2.69. The predicted molar refractivity (Wildman–Crippen MR) is 103 cm³/mol. The summed E-state index contributed by atoms with van der Waals surface area (Å²) < 4.78 is 30.8. The van der Waals surface area contributed by atoms with Gasteiger partial charge in [0.25, 0.3) is 0 Å². The Hall–Kier alpha value is -2.78. The second kappa shape index (κ2) is 9.24. The Kier molecular flexibility index (Phi) is 7.03. The van der Waals surface area contributed by atoms with Crippen LogP contribution in [0.4, 0.5) is 5.82 Å². The number of carbonyl (C=O) groups is 1. The first-order valence-corrected chi connectivity index (χ1v) is 9.80. The summed E-state index contributed by atoms with van der Waals surface area (Å²) in [5, 5.41) is 4.05. The fourth-order valence-electron chi connectivity index (χ4n) is 2.31. The Bertz CT molecular complexity index is 890. The fraction of sp³-hybridized carbons (Fsp3) is 0.278. The molecule has 0 aliphatic heterocycles. The largest absolute Gasteiger partial charge is 0.465 e. The Morgan fingerprint density at radius 1 is 1.19 bits per heavy atom. The van der Waals surface area contributed by atoms with Gasteiger partial charge in [0.2, 0.25) is 10.0 Å². The summed E-state index contributed by atoms with van der Waals surface area (Å²) in [5.74, 6) is 0.0106. The maximum atomic E-state index is 12.4. The molecule has 1 N–H and O–H groups in total. The number of methoxy groups -OCH3 is 1. The molecule has 0 amide bonds. The summed E-state index contributed by atoms with van der Waals surface area (Å²) >= 11 is 0. The summed E-state index contributed by atoms with van der Waals surface area (Å²) in [6, 6.07) is 9.77. The topological polar surface area (TPSA) is 101 Å². The molecular formula is C18H22N4O4S. The number of nitrogens with one attached hydrogen (secondary N) is 1. The highest BCUT2D eigenvalue weighted by Gasteiger charge is 2.21. The Morgan fingerprint density at radius 2 is 1.85 bits per heavy atom. The molecule has 1 aromatic carbocycles. The van der Waals surface area contributed by atoms with Crippen LogP contribution in [-0.2, 0) is 14.8 Å². The third-order valence-electron chi connectivity index (χ3n) is 3.80. The second-order valence-electron chi connectivity index (χ2n) is 5.45. The lowest BCUT2D eigenvalue weighted by atomic mass is 10.1. The van der Waals surface area contributed by atoms with Crippen LogP contribution in [0.1, 0.15) is 29.8 Å². The van der Waals surface area contributed by atoms with Gasteiger partial charge in [-0.15, -0.1) is 0 Å². The number of hydrogen-bond acceptors (Lipinski definition) is 7. The van der Waals surface area contributed by atoms with Crippen LogP contribution in [-0.4, -0.2) is 50.1 Å². The van der Waals surface area contributed by atoms with Crippen molar-refractivity contribution in [3.05, 3.63) is 53.7 Å². The minimum absolute atomic E-state index is 0.138. The molecule has 0 unspecified atom stereocenters. The van der Waals surface area contributed by atoms with E-state index in [1.807, 2.05) is 0 Å². The molecule has 0 fully saturated rings. The van der Waals surface area contributed by atoms with Crippen LogP contribution in [0.3, 0.4) is 0 Å². The van der Waals surface area contributed by atoms with Crippen molar-refractivity contribution in [3.63, 3.8) is 0 Å². The van der Waals surface area contributed by atoms with Crippen LogP contribution in [0.2, 0.25) is 0 Å². The number of nitrogens with zero attached hydrogens (tertiary/aromatic N) is 3. The molecule has 9 heteroatoms. The number of rotatable bonds is 8. The minimum Gasteiger partial charge on any atom is -0.465 e. The number of pyridine rings is 1. The SMILES string of the molecule is CCN(CC)S(=O)(=O)c1ccc(N/N=C/c2ccc(C(=O)OC)cc2)nc1. The van der Waals surface area contributed by atoms with E-state index in [0.29, 0.717) is 24.5 Å². The summed E-state index contributed by atoms with van der Waals surface area (Å²) in [5.41, 5.74) is 3.96. The molecule has 144 valence electrons. The number of hydrogen-bond donors (Lipinski definition) is 1. The number of esters is 1. The van der Waals surface area contributed by atoms with E-state index in [1.165, 1.54) is 23.7 Å². The van der Waals surface area contributed by atoms with E-state index in [0.717, 1.165) is 5.56 Å². The molecule has 1 aromatic heterocycles. The Morgan fingerprint density at radius 3 is 2.37 bits per heavy atom. The smallest absolute Gasteiger partial charge is 0.337 e. The molecule has 0 saturated carbocycles. The van der Waals surface area contributed by atoms with Gasteiger partial charge < -0.3 is 4.74 Å². The molecule has 0 saturated heterocycles. The van der Waals surface area contributed by atoms with Crippen molar-refractivity contribution in [1.82, 2.24) is 9.29 Å². The average molecular weight is 390 g/mol. The van der Waals surface area contributed by atoms with Gasteiger partial charge in [0.15, 0.2) is 0 Å². The van der Waals surface area contributed by atoms with Crippen LogP contribution in [0.25, 0.3) is 0 Å². The van der Waals surface area contributed by atoms with Crippen molar-refractivity contribution >= 4 is 28.0 Å². The lowest BCUT2D eigenvalue weighted by molar-refractivity contribution is 0.0600. The van der Waals surface area contributed by atoms with Crippen molar-refractivity contribution in [2.45, 2.75) is 18.7 Å². The van der Waals surface area contributed by atoms with Gasteiger partial charge in [-0.25, -0.2) is 18.2 Å². The number of hydrazone groups is 1. The molecule has 2 rings (SSSR count). The number of sulfonamides is 1. The summed E-state index contributed by atoms with van der Waals surface area (Å²) in [4.78, 5) is 15.6. The predicted octanol–water partition coefficient (Wildman–Crippen LogP) is 2.34. The first kappa shape index (κ1) is 20.5. The van der Waals surface area contributed by atoms with Gasteiger partial charge in [-0.05, 0) is 29.8 Å². The fourth-order valence-corrected chi connectivity index (χ4v) is 3.71. The number of benzene rings is 1. The first-order chi connectivity index (χ1) is 12.9. The number of ether oxygens (including phenoxy) is 1. The van der Waals surface area contributed by atoms with Gasteiger partial charge in [0.1, 0.15) is 10.7 Å². The molecule has 27 heavy (non-hydrogen) atoms. The highest BCUT2D eigenvalue weighted by Crippen LogP contribution is 2.16. The van der Waals surface area contributed by atoms with E-state index in [-0.39, 0.29) is 4.90 Å².